The molecule has 20 heavy (non-hydrogen) atoms. The molecule has 2 rings (SSSR count). The summed E-state index contributed by atoms with van der Waals surface area (Å²) in [6, 6.07) is 9.66. The smallest absolute Gasteiger partial charge is 0.341 e. The Labute approximate surface area is 117 Å². The van der Waals surface area contributed by atoms with Gasteiger partial charge in [0, 0.05) is 6.54 Å². The minimum absolute atomic E-state index is 0.333. The number of aryl methyl sites for hydroxylation is 1. The number of rotatable bonds is 4. The Bertz CT molecular complexity index is 626. The van der Waals surface area contributed by atoms with E-state index in [2.05, 4.69) is 16.4 Å². The van der Waals surface area contributed by atoms with Crippen LogP contribution >= 0.6 is 0 Å². The van der Waals surface area contributed by atoms with E-state index in [1.807, 2.05) is 25.1 Å². The number of pyridine rings is 1. The third-order valence-corrected chi connectivity index (χ3v) is 2.86. The van der Waals surface area contributed by atoms with E-state index in [1.54, 1.807) is 6.07 Å². The summed E-state index contributed by atoms with van der Waals surface area (Å²) >= 11 is 0. The second-order valence-corrected chi connectivity index (χ2v) is 4.50. The molecule has 0 saturated heterocycles. The van der Waals surface area contributed by atoms with Gasteiger partial charge in [-0.15, -0.1) is 0 Å². The topological polar surface area (TPSA) is 77.2 Å². The third kappa shape index (κ3) is 3.26. The summed E-state index contributed by atoms with van der Waals surface area (Å²) < 4.78 is 4.73. The normalized spacial score (nSPS) is 10.1. The van der Waals surface area contributed by atoms with Gasteiger partial charge in [-0.05, 0) is 18.6 Å². The van der Waals surface area contributed by atoms with Gasteiger partial charge in [0.25, 0.3) is 0 Å². The van der Waals surface area contributed by atoms with Crippen LogP contribution in [0.2, 0.25) is 0 Å². The van der Waals surface area contributed by atoms with Gasteiger partial charge in [-0.3, -0.25) is 0 Å². The van der Waals surface area contributed by atoms with Crippen LogP contribution in [0.25, 0.3) is 0 Å². The fourth-order valence-electron chi connectivity index (χ4n) is 1.90. The van der Waals surface area contributed by atoms with E-state index in [0.29, 0.717) is 23.6 Å². The zero-order chi connectivity index (χ0) is 14.5. The maximum absolute atomic E-state index is 11.7. The van der Waals surface area contributed by atoms with E-state index >= 15 is 0 Å². The molecular formula is C15H17N3O2. The van der Waals surface area contributed by atoms with Crippen LogP contribution in [-0.2, 0) is 11.3 Å². The van der Waals surface area contributed by atoms with Crippen LogP contribution in [0, 0.1) is 6.92 Å². The Hall–Kier alpha value is -2.56. The highest BCUT2D eigenvalue weighted by atomic mass is 16.5. The number of aromatic nitrogens is 1. The first kappa shape index (κ1) is 13.9. The van der Waals surface area contributed by atoms with Crippen LogP contribution in [0.3, 0.4) is 0 Å². The average molecular weight is 271 g/mol. The minimum Gasteiger partial charge on any atom is -0.465 e. The maximum atomic E-state index is 11.7. The molecular weight excluding hydrogens is 254 g/mol. The average Bonchev–Trinajstić information content (AvgIpc) is 2.45. The van der Waals surface area contributed by atoms with Crippen molar-refractivity contribution in [3.63, 3.8) is 0 Å². The van der Waals surface area contributed by atoms with Crippen molar-refractivity contribution in [2.75, 3.05) is 18.2 Å². The Morgan fingerprint density at radius 3 is 2.90 bits per heavy atom. The van der Waals surface area contributed by atoms with E-state index < -0.39 is 5.97 Å². The third-order valence-electron chi connectivity index (χ3n) is 2.86. The lowest BCUT2D eigenvalue weighted by Gasteiger charge is -2.10. The summed E-state index contributed by atoms with van der Waals surface area (Å²) in [4.78, 5) is 15.8. The zero-order valence-electron chi connectivity index (χ0n) is 11.5. The monoisotopic (exact) mass is 271 g/mol. The molecule has 0 saturated carbocycles. The predicted octanol–water partition coefficient (Wildman–Crippen LogP) is 2.37. The van der Waals surface area contributed by atoms with Crippen LogP contribution in [-0.4, -0.2) is 18.1 Å². The highest BCUT2D eigenvalue weighted by Crippen LogP contribution is 2.17. The molecule has 0 amide bonds. The van der Waals surface area contributed by atoms with Crippen LogP contribution in [0.4, 0.5) is 11.5 Å². The van der Waals surface area contributed by atoms with Crippen molar-refractivity contribution in [2.24, 2.45) is 0 Å². The first-order chi connectivity index (χ1) is 9.60. The van der Waals surface area contributed by atoms with Crippen LogP contribution in [0.5, 0.6) is 0 Å². The molecule has 0 spiro atoms. The number of carbonyl (C=O) groups is 1. The lowest BCUT2D eigenvalue weighted by Crippen LogP contribution is -2.10. The molecule has 3 N–H and O–H groups in total. The SMILES string of the molecule is COC(=O)c1cc(N)cnc1NCc1cccc(C)c1. The molecule has 1 aromatic carbocycles. The Morgan fingerprint density at radius 1 is 1.40 bits per heavy atom. The quantitative estimate of drug-likeness (QED) is 0.835. The summed E-state index contributed by atoms with van der Waals surface area (Å²) in [5, 5.41) is 3.13. The van der Waals surface area contributed by atoms with Gasteiger partial charge < -0.3 is 15.8 Å². The van der Waals surface area contributed by atoms with Crippen molar-refractivity contribution in [3.05, 3.63) is 53.2 Å². The van der Waals surface area contributed by atoms with E-state index in [-0.39, 0.29) is 0 Å². The standard InChI is InChI=1S/C15H17N3O2/c1-10-4-3-5-11(6-10)8-17-14-13(15(19)20-2)7-12(16)9-18-14/h3-7,9H,8,16H2,1-2H3,(H,17,18). The van der Waals surface area contributed by atoms with Crippen molar-refractivity contribution in [1.82, 2.24) is 4.98 Å². The van der Waals surface area contributed by atoms with Crippen LogP contribution in [0.15, 0.2) is 36.5 Å². The van der Waals surface area contributed by atoms with Gasteiger partial charge in [-0.25, -0.2) is 9.78 Å². The summed E-state index contributed by atoms with van der Waals surface area (Å²) in [5.74, 6) is 0.00379. The fourth-order valence-corrected chi connectivity index (χ4v) is 1.90. The summed E-state index contributed by atoms with van der Waals surface area (Å²) in [5.41, 5.74) is 8.70. The molecule has 5 heteroatoms. The Morgan fingerprint density at radius 2 is 2.20 bits per heavy atom. The second-order valence-electron chi connectivity index (χ2n) is 4.50. The van der Waals surface area contributed by atoms with Crippen molar-refractivity contribution < 1.29 is 9.53 Å². The van der Waals surface area contributed by atoms with E-state index in [1.165, 1.54) is 18.9 Å². The van der Waals surface area contributed by atoms with Gasteiger partial charge in [0.2, 0.25) is 0 Å². The van der Waals surface area contributed by atoms with Crippen LogP contribution < -0.4 is 11.1 Å². The summed E-state index contributed by atoms with van der Waals surface area (Å²) in [6.45, 7) is 2.60. The van der Waals surface area contributed by atoms with E-state index in [9.17, 15) is 4.79 Å². The van der Waals surface area contributed by atoms with Crippen molar-refractivity contribution in [1.29, 1.82) is 0 Å². The number of nitrogens with two attached hydrogens (primary N) is 1. The summed E-state index contributed by atoms with van der Waals surface area (Å²) in [6.07, 6.45) is 1.50. The van der Waals surface area contributed by atoms with E-state index in [4.69, 9.17) is 10.5 Å². The molecule has 5 nitrogen and oxygen atoms in total. The van der Waals surface area contributed by atoms with Gasteiger partial charge >= 0.3 is 5.97 Å². The molecule has 0 atom stereocenters. The second kappa shape index (κ2) is 6.06. The molecule has 0 aliphatic carbocycles. The van der Waals surface area contributed by atoms with Crippen molar-refractivity contribution in [2.45, 2.75) is 13.5 Å². The Kier molecular flexibility index (Phi) is 4.20. The molecule has 0 bridgehead atoms. The summed E-state index contributed by atoms with van der Waals surface area (Å²) in [7, 11) is 1.33. The number of methoxy groups -OCH3 is 1. The van der Waals surface area contributed by atoms with Crippen molar-refractivity contribution >= 4 is 17.5 Å². The zero-order valence-corrected chi connectivity index (χ0v) is 11.5. The lowest BCUT2D eigenvalue weighted by atomic mass is 10.1. The molecule has 0 aliphatic rings. The van der Waals surface area contributed by atoms with Gasteiger partial charge in [-0.1, -0.05) is 29.8 Å². The largest absolute Gasteiger partial charge is 0.465 e. The fraction of sp³-hybridized carbons (Fsp3) is 0.200. The maximum Gasteiger partial charge on any atom is 0.341 e. The molecule has 0 fully saturated rings. The molecule has 0 radical (unpaired) electrons. The Balaban J connectivity index is 2.19. The number of ether oxygens (including phenoxy) is 1. The molecule has 0 aliphatic heterocycles. The van der Waals surface area contributed by atoms with Gasteiger partial charge in [-0.2, -0.15) is 0 Å². The lowest BCUT2D eigenvalue weighted by molar-refractivity contribution is 0.0601. The number of hydrogen-bond acceptors (Lipinski definition) is 5. The highest BCUT2D eigenvalue weighted by molar-refractivity contribution is 5.95. The molecule has 104 valence electrons. The minimum atomic E-state index is -0.462. The van der Waals surface area contributed by atoms with E-state index in [0.717, 1.165) is 5.56 Å². The predicted molar refractivity (Wildman–Crippen MR) is 78.5 cm³/mol. The number of benzene rings is 1. The van der Waals surface area contributed by atoms with Gasteiger partial charge in [0.15, 0.2) is 0 Å². The van der Waals surface area contributed by atoms with Crippen LogP contribution in [0.1, 0.15) is 21.5 Å². The van der Waals surface area contributed by atoms with Gasteiger partial charge in [0.1, 0.15) is 11.4 Å². The first-order valence-corrected chi connectivity index (χ1v) is 6.23. The number of nitrogens with one attached hydrogen (secondary N) is 1. The number of anilines is 2. The number of hydrogen-bond donors (Lipinski definition) is 2. The number of nitrogens with zero attached hydrogens (tertiary/aromatic N) is 1. The molecule has 0 unspecified atom stereocenters. The van der Waals surface area contributed by atoms with Gasteiger partial charge in [0.05, 0.1) is 19.0 Å². The number of nitrogen functional groups attached to an aromatic ring is 1. The number of carbonyl (C=O) groups excluding carboxylic acids is 1. The molecule has 1 aromatic heterocycles. The first-order valence-electron chi connectivity index (χ1n) is 6.23. The number of esters is 1. The molecule has 2 aromatic rings. The molecule has 1 heterocycles. The highest BCUT2D eigenvalue weighted by Gasteiger charge is 2.13. The van der Waals surface area contributed by atoms with Crippen molar-refractivity contribution in [3.8, 4) is 0 Å².